The molecule has 0 aromatic carbocycles. The van der Waals surface area contributed by atoms with Gasteiger partial charge in [-0.2, -0.15) is 0 Å². The lowest BCUT2D eigenvalue weighted by Gasteiger charge is -2.29. The van der Waals surface area contributed by atoms with E-state index in [4.69, 9.17) is 0 Å². The second-order valence-electron chi connectivity index (χ2n) is 4.49. The van der Waals surface area contributed by atoms with Crippen LogP contribution in [0.15, 0.2) is 4.99 Å². The molecule has 0 spiro atoms. The van der Waals surface area contributed by atoms with Crippen molar-refractivity contribution in [1.29, 1.82) is 0 Å². The topological polar surface area (TPSA) is 39.7 Å². The van der Waals surface area contributed by atoms with Crippen molar-refractivity contribution in [2.45, 2.75) is 46.3 Å². The molecule has 1 saturated heterocycles. The maximum atomic E-state index is 4.64. The summed E-state index contributed by atoms with van der Waals surface area (Å²) < 4.78 is 0. The van der Waals surface area contributed by atoms with Gasteiger partial charge >= 0.3 is 0 Å². The summed E-state index contributed by atoms with van der Waals surface area (Å²) in [5.41, 5.74) is 0. The Kier molecular flexibility index (Phi) is 5.77. The van der Waals surface area contributed by atoms with Crippen LogP contribution >= 0.6 is 0 Å². The Bertz CT molecular complexity index is 211. The third-order valence-corrected chi connectivity index (χ3v) is 3.03. The Labute approximate surface area is 99.5 Å². The normalized spacial score (nSPS) is 28.4. The van der Waals surface area contributed by atoms with E-state index in [0.717, 1.165) is 38.4 Å². The molecule has 0 radical (unpaired) electrons. The molecule has 94 valence electrons. The van der Waals surface area contributed by atoms with E-state index in [-0.39, 0.29) is 0 Å². The molecule has 2 atom stereocenters. The second kappa shape index (κ2) is 6.86. The molecule has 1 aliphatic heterocycles. The van der Waals surface area contributed by atoms with Crippen molar-refractivity contribution in [2.75, 3.05) is 26.2 Å². The van der Waals surface area contributed by atoms with Crippen LogP contribution in [0.3, 0.4) is 0 Å². The maximum Gasteiger partial charge on any atom is 0.0991 e. The molecule has 0 amide bonds. The number of aliphatic imine (C=N–C) groups is 1. The third kappa shape index (κ3) is 4.49. The van der Waals surface area contributed by atoms with E-state index in [2.05, 4.69) is 48.2 Å². The summed E-state index contributed by atoms with van der Waals surface area (Å²) in [5, 5.41) is 6.81. The molecule has 1 fully saturated rings. The fourth-order valence-corrected chi connectivity index (χ4v) is 2.10. The molecule has 0 aromatic heterocycles. The van der Waals surface area contributed by atoms with Crippen LogP contribution < -0.4 is 10.6 Å². The summed E-state index contributed by atoms with van der Waals surface area (Å²) in [5.74, 6) is 1.16. The van der Waals surface area contributed by atoms with Crippen LogP contribution in [-0.2, 0) is 0 Å². The van der Waals surface area contributed by atoms with Crippen molar-refractivity contribution in [3.05, 3.63) is 0 Å². The minimum absolute atomic E-state index is 0.343. The third-order valence-electron chi connectivity index (χ3n) is 3.03. The van der Waals surface area contributed by atoms with Gasteiger partial charge in [-0.15, -0.1) is 0 Å². The molecular formula is C12H26N4. The summed E-state index contributed by atoms with van der Waals surface area (Å²) >= 11 is 0. The number of rotatable bonds is 5. The van der Waals surface area contributed by atoms with Crippen LogP contribution in [-0.4, -0.2) is 49.1 Å². The number of hydrogen-bond donors (Lipinski definition) is 2. The monoisotopic (exact) mass is 226 g/mol. The van der Waals surface area contributed by atoms with Crippen LogP contribution in [0.1, 0.15) is 34.1 Å². The average molecular weight is 226 g/mol. The van der Waals surface area contributed by atoms with E-state index in [9.17, 15) is 0 Å². The van der Waals surface area contributed by atoms with E-state index < -0.39 is 0 Å². The Hall–Kier alpha value is -0.610. The summed E-state index contributed by atoms with van der Waals surface area (Å²) in [6.07, 6.45) is 1.36. The van der Waals surface area contributed by atoms with E-state index >= 15 is 0 Å². The zero-order valence-electron chi connectivity index (χ0n) is 11.1. The molecule has 4 nitrogen and oxygen atoms in total. The highest BCUT2D eigenvalue weighted by molar-refractivity contribution is 5.83. The van der Waals surface area contributed by atoms with Gasteiger partial charge in [0.1, 0.15) is 0 Å². The predicted octanol–water partition coefficient (Wildman–Crippen LogP) is 1.04. The van der Waals surface area contributed by atoms with Gasteiger partial charge in [0, 0.05) is 19.0 Å². The number of likely N-dealkylation sites (N-methyl/N-ethyl adjacent to an activating group) is 1. The highest BCUT2D eigenvalue weighted by Crippen LogP contribution is 2.01. The Morgan fingerprint density at radius 1 is 1.31 bits per heavy atom. The van der Waals surface area contributed by atoms with Gasteiger partial charge in [0.25, 0.3) is 0 Å². The minimum atomic E-state index is 0.343. The highest BCUT2D eigenvalue weighted by Gasteiger charge is 2.17. The number of nitrogens with one attached hydrogen (secondary N) is 2. The van der Waals surface area contributed by atoms with Gasteiger partial charge < -0.3 is 10.2 Å². The van der Waals surface area contributed by atoms with E-state index in [1.165, 1.54) is 0 Å². The van der Waals surface area contributed by atoms with Crippen molar-refractivity contribution < 1.29 is 0 Å². The molecule has 1 aliphatic rings. The van der Waals surface area contributed by atoms with Gasteiger partial charge in [0.2, 0.25) is 0 Å². The fraction of sp³-hybridized carbons (Fsp3) is 0.917. The fourth-order valence-electron chi connectivity index (χ4n) is 2.10. The van der Waals surface area contributed by atoms with Gasteiger partial charge in [-0.25, -0.2) is 0 Å². The first-order valence-electron chi connectivity index (χ1n) is 6.44. The smallest absolute Gasteiger partial charge is 0.0991 e. The van der Waals surface area contributed by atoms with Gasteiger partial charge in [-0.3, -0.25) is 10.3 Å². The van der Waals surface area contributed by atoms with E-state index in [1.54, 1.807) is 0 Å². The van der Waals surface area contributed by atoms with Gasteiger partial charge in [-0.1, -0.05) is 13.8 Å². The highest BCUT2D eigenvalue weighted by atomic mass is 15.2. The van der Waals surface area contributed by atoms with Crippen LogP contribution in [0.5, 0.6) is 0 Å². The molecule has 2 N–H and O–H groups in total. The first kappa shape index (κ1) is 13.5. The summed E-state index contributed by atoms with van der Waals surface area (Å²) in [6.45, 7) is 12.9. The largest absolute Gasteiger partial charge is 0.359 e. The Balaban J connectivity index is 2.33. The standard InChI is InChI=1S/C12H26N4/c1-5-16(6-2)8-7-13-12-9-10(3)14-11(4)15-12/h10-11,14H,5-9H2,1-4H3,(H,13,15). The quantitative estimate of drug-likeness (QED) is 0.736. The van der Waals surface area contributed by atoms with Crippen LogP contribution in [0.4, 0.5) is 0 Å². The van der Waals surface area contributed by atoms with Gasteiger partial charge in [0.05, 0.1) is 18.5 Å². The van der Waals surface area contributed by atoms with Crippen LogP contribution in [0.25, 0.3) is 0 Å². The predicted molar refractivity (Wildman–Crippen MR) is 69.9 cm³/mol. The first-order valence-corrected chi connectivity index (χ1v) is 6.44. The van der Waals surface area contributed by atoms with Crippen LogP contribution in [0, 0.1) is 0 Å². The zero-order valence-corrected chi connectivity index (χ0v) is 11.1. The van der Waals surface area contributed by atoms with Gasteiger partial charge in [-0.05, 0) is 26.9 Å². The van der Waals surface area contributed by atoms with Crippen LogP contribution in [0.2, 0.25) is 0 Å². The summed E-state index contributed by atoms with van der Waals surface area (Å²) in [6, 6.07) is 0.531. The molecule has 16 heavy (non-hydrogen) atoms. The average Bonchev–Trinajstić information content (AvgIpc) is 2.23. The second-order valence-corrected chi connectivity index (χ2v) is 4.49. The Morgan fingerprint density at radius 2 is 2.00 bits per heavy atom. The molecule has 0 aliphatic carbocycles. The van der Waals surface area contributed by atoms with E-state index in [0.29, 0.717) is 12.2 Å². The molecule has 0 bridgehead atoms. The number of nitrogens with zero attached hydrogens (tertiary/aromatic N) is 2. The van der Waals surface area contributed by atoms with E-state index in [1.807, 2.05) is 0 Å². The van der Waals surface area contributed by atoms with Gasteiger partial charge in [0.15, 0.2) is 0 Å². The van der Waals surface area contributed by atoms with Crippen molar-refractivity contribution in [3.8, 4) is 0 Å². The summed E-state index contributed by atoms with van der Waals surface area (Å²) in [4.78, 5) is 7.04. The number of hydrogen-bond acceptors (Lipinski definition) is 3. The first-order chi connectivity index (χ1) is 7.65. The SMILES string of the molecule is CCN(CC)CCN=C1CC(C)NC(C)N1. The molecular weight excluding hydrogens is 200 g/mol. The minimum Gasteiger partial charge on any atom is -0.359 e. The summed E-state index contributed by atoms with van der Waals surface area (Å²) in [7, 11) is 0. The Morgan fingerprint density at radius 3 is 2.56 bits per heavy atom. The number of amidine groups is 1. The lowest BCUT2D eigenvalue weighted by atomic mass is 10.1. The lowest BCUT2D eigenvalue weighted by molar-refractivity contribution is 0.312. The van der Waals surface area contributed by atoms with Crippen molar-refractivity contribution in [2.24, 2.45) is 4.99 Å². The van der Waals surface area contributed by atoms with Crippen molar-refractivity contribution in [3.63, 3.8) is 0 Å². The zero-order chi connectivity index (χ0) is 12.0. The molecule has 1 heterocycles. The molecule has 0 aromatic rings. The molecule has 0 saturated carbocycles. The maximum absolute atomic E-state index is 4.64. The van der Waals surface area contributed by atoms with Crippen molar-refractivity contribution >= 4 is 5.84 Å². The molecule has 4 heteroatoms. The lowest BCUT2D eigenvalue weighted by Crippen LogP contribution is -2.53. The molecule has 2 unspecified atom stereocenters. The molecule has 1 rings (SSSR count). The van der Waals surface area contributed by atoms with Crippen molar-refractivity contribution in [1.82, 2.24) is 15.5 Å².